The first-order chi connectivity index (χ1) is 45.3. The second kappa shape index (κ2) is 77.5. The topological polar surface area (TPSA) is 134 Å². The molecule has 0 amide bonds. The van der Waals surface area contributed by atoms with Crippen LogP contribution in [0.2, 0.25) is 0 Å². The molecule has 0 aromatic carbocycles. The number of phosphoric ester groups is 1. The van der Waals surface area contributed by atoms with E-state index in [-0.39, 0.29) is 38.6 Å². The summed E-state index contributed by atoms with van der Waals surface area (Å²) in [6.45, 7) is 3.69. The first-order valence-corrected chi connectivity index (χ1v) is 41.4. The molecule has 2 atom stereocenters. The van der Waals surface area contributed by atoms with E-state index < -0.39 is 26.5 Å². The van der Waals surface area contributed by atoms with Gasteiger partial charge in [0.1, 0.15) is 6.61 Å². The van der Waals surface area contributed by atoms with Crippen LogP contribution < -0.4 is 5.73 Å². The molecule has 92 heavy (non-hydrogen) atoms. The zero-order valence-electron chi connectivity index (χ0n) is 60.8. The maximum Gasteiger partial charge on any atom is 0.472 e. The average Bonchev–Trinajstić information content (AvgIpc) is 3.54. The molecule has 9 nitrogen and oxygen atoms in total. The first-order valence-electron chi connectivity index (χ1n) is 39.9. The molecule has 0 bridgehead atoms. The van der Waals surface area contributed by atoms with Crippen LogP contribution in [-0.2, 0) is 32.7 Å². The molecule has 2 unspecified atom stereocenters. The van der Waals surface area contributed by atoms with Gasteiger partial charge in [0.25, 0.3) is 0 Å². The summed E-state index contributed by atoms with van der Waals surface area (Å²) in [5.41, 5.74) is 5.41. The lowest BCUT2D eigenvalue weighted by molar-refractivity contribution is -0.161. The molecule has 0 aromatic heterocycles. The van der Waals surface area contributed by atoms with Gasteiger partial charge in [-0.1, -0.05) is 401 Å². The van der Waals surface area contributed by atoms with Gasteiger partial charge in [0.15, 0.2) is 6.10 Å². The van der Waals surface area contributed by atoms with E-state index in [1.807, 2.05) is 0 Å². The van der Waals surface area contributed by atoms with Crippen LogP contribution in [0.5, 0.6) is 0 Å². The Balaban J connectivity index is 3.76. The lowest BCUT2D eigenvalue weighted by atomic mass is 10.0. The minimum Gasteiger partial charge on any atom is -0.462 e. The van der Waals surface area contributed by atoms with Crippen molar-refractivity contribution in [1.82, 2.24) is 0 Å². The SMILES string of the molecule is CC/C=C\C/C=C\C/C=C\C/C=C\C/C=C\C/C=C\CCCCCCCCCCCCCCC(=O)OC(COC(=O)CCCCCCCCCCCCCCCCCCCCCCCCCCCCCCCCCCCCCCCCCC)COP(=O)(O)OCCN. The lowest BCUT2D eigenvalue weighted by Gasteiger charge is -2.19. The Labute approximate surface area is 571 Å². The molecule has 0 saturated heterocycles. The zero-order valence-corrected chi connectivity index (χ0v) is 61.7. The number of unbranched alkanes of at least 4 members (excludes halogenated alkanes) is 51. The van der Waals surface area contributed by atoms with Gasteiger partial charge in [0.2, 0.25) is 0 Å². The maximum atomic E-state index is 12.8. The third-order valence-corrected chi connectivity index (χ3v) is 18.8. The van der Waals surface area contributed by atoms with E-state index in [0.29, 0.717) is 6.42 Å². The number of phosphoric acid groups is 1. The van der Waals surface area contributed by atoms with Crippen LogP contribution in [0, 0.1) is 0 Å². The van der Waals surface area contributed by atoms with E-state index >= 15 is 0 Å². The number of hydrogen-bond donors (Lipinski definition) is 2. The normalized spacial score (nSPS) is 13.2. The van der Waals surface area contributed by atoms with Crippen molar-refractivity contribution in [2.24, 2.45) is 5.73 Å². The van der Waals surface area contributed by atoms with Gasteiger partial charge in [0, 0.05) is 19.4 Å². The van der Waals surface area contributed by atoms with Crippen molar-refractivity contribution >= 4 is 19.8 Å². The van der Waals surface area contributed by atoms with E-state index in [1.54, 1.807) is 0 Å². The number of ether oxygens (including phenoxy) is 2. The molecule has 0 radical (unpaired) electrons. The summed E-state index contributed by atoms with van der Waals surface area (Å²) in [5.74, 6) is -0.813. The molecule has 0 saturated carbocycles. The molecule has 0 fully saturated rings. The fourth-order valence-electron chi connectivity index (χ4n) is 12.0. The number of rotatable bonds is 76. The number of esters is 2. The molecule has 0 aliphatic heterocycles. The highest BCUT2D eigenvalue weighted by Crippen LogP contribution is 2.43. The van der Waals surface area contributed by atoms with Crippen LogP contribution in [0.3, 0.4) is 0 Å². The number of carbonyl (C=O) groups is 2. The summed E-state index contributed by atoms with van der Waals surface area (Å²) in [7, 11) is -4.40. The fraction of sp³-hybridized carbons (Fsp3) is 0.829. The third-order valence-electron chi connectivity index (χ3n) is 17.9. The highest BCUT2D eigenvalue weighted by atomic mass is 31.2. The second-order valence-corrected chi connectivity index (χ2v) is 28.4. The van der Waals surface area contributed by atoms with Crippen molar-refractivity contribution < 1.29 is 37.6 Å². The Morgan fingerprint density at radius 1 is 0.337 bits per heavy atom. The average molecular weight is 1310 g/mol. The van der Waals surface area contributed by atoms with Crippen molar-refractivity contribution in [2.45, 2.75) is 412 Å². The Morgan fingerprint density at radius 3 is 0.891 bits per heavy atom. The number of allylic oxidation sites excluding steroid dienone is 12. The predicted octanol–water partition coefficient (Wildman–Crippen LogP) is 26.7. The van der Waals surface area contributed by atoms with Crippen molar-refractivity contribution in [1.29, 1.82) is 0 Å². The molecular weight excluding hydrogens is 1160 g/mol. The molecule has 0 aliphatic carbocycles. The predicted molar refractivity (Wildman–Crippen MR) is 399 cm³/mol. The fourth-order valence-corrected chi connectivity index (χ4v) is 12.8. The van der Waals surface area contributed by atoms with Crippen LogP contribution in [0.25, 0.3) is 0 Å². The second-order valence-electron chi connectivity index (χ2n) is 26.9. The molecule has 3 N–H and O–H groups in total. The van der Waals surface area contributed by atoms with Crippen molar-refractivity contribution in [2.75, 3.05) is 26.4 Å². The summed E-state index contributed by atoms with van der Waals surface area (Å²) in [5, 5.41) is 0. The first kappa shape index (κ1) is 89.5. The summed E-state index contributed by atoms with van der Waals surface area (Å²) in [6.07, 6.45) is 103. The Bertz CT molecular complexity index is 1740. The van der Waals surface area contributed by atoms with E-state index in [4.69, 9.17) is 24.3 Å². The van der Waals surface area contributed by atoms with Crippen molar-refractivity contribution in [3.8, 4) is 0 Å². The minimum atomic E-state index is -4.40. The largest absolute Gasteiger partial charge is 0.472 e. The molecular formula is C82H152NO8P. The standard InChI is InChI=1S/C82H152NO8P/c1-3-5-7-9-11-13-15-17-19-21-23-25-27-29-31-33-35-36-37-38-39-40-41-42-43-45-46-48-50-52-54-56-58-60-62-64-66-68-70-72-74-81(84)88-78-80(79-90-92(86,87)89-77-76-83)91-82(85)75-73-71-69-67-65-63-61-59-57-55-53-51-49-47-44-34-32-30-28-26-24-22-20-18-16-14-12-10-8-6-4-2/h6,8,12,14,18,20,24,26,30,32,44,47,80H,3-5,7,9-11,13,15-17,19,21-23,25,27-29,31,33-43,45-46,48-79,83H2,1-2H3,(H,86,87)/b8-6-,14-12-,20-18-,26-24-,32-30-,47-44-. The number of hydrogen-bond acceptors (Lipinski definition) is 8. The van der Waals surface area contributed by atoms with Crippen LogP contribution in [-0.4, -0.2) is 49.3 Å². The van der Waals surface area contributed by atoms with Gasteiger partial charge < -0.3 is 20.1 Å². The van der Waals surface area contributed by atoms with Gasteiger partial charge in [0.05, 0.1) is 13.2 Å². The van der Waals surface area contributed by atoms with E-state index in [1.165, 1.54) is 295 Å². The van der Waals surface area contributed by atoms with Gasteiger partial charge in [-0.15, -0.1) is 0 Å². The van der Waals surface area contributed by atoms with Crippen LogP contribution >= 0.6 is 7.82 Å². The van der Waals surface area contributed by atoms with Crippen LogP contribution in [0.4, 0.5) is 0 Å². The summed E-state index contributed by atoms with van der Waals surface area (Å²) < 4.78 is 33.3. The van der Waals surface area contributed by atoms with Gasteiger partial charge in [-0.05, 0) is 64.2 Å². The molecule has 0 aromatic rings. The lowest BCUT2D eigenvalue weighted by Crippen LogP contribution is -2.29. The monoisotopic (exact) mass is 1310 g/mol. The third kappa shape index (κ3) is 76.5. The quantitative estimate of drug-likeness (QED) is 0.0264. The number of carbonyl (C=O) groups excluding carboxylic acids is 2. The van der Waals surface area contributed by atoms with Gasteiger partial charge in [-0.2, -0.15) is 0 Å². The van der Waals surface area contributed by atoms with E-state index in [2.05, 4.69) is 86.8 Å². The molecule has 0 spiro atoms. The van der Waals surface area contributed by atoms with E-state index in [9.17, 15) is 19.0 Å². The Hall–Kier alpha value is -2.55. The van der Waals surface area contributed by atoms with Gasteiger partial charge in [-0.3, -0.25) is 18.6 Å². The number of nitrogens with two attached hydrogens (primary N) is 1. The van der Waals surface area contributed by atoms with Crippen LogP contribution in [0.1, 0.15) is 406 Å². The highest BCUT2D eigenvalue weighted by Gasteiger charge is 2.26. The molecule has 0 aliphatic rings. The smallest absolute Gasteiger partial charge is 0.462 e. The summed E-state index contributed by atoms with van der Waals surface area (Å²) in [4.78, 5) is 35.4. The Morgan fingerprint density at radius 2 is 0.598 bits per heavy atom. The highest BCUT2D eigenvalue weighted by molar-refractivity contribution is 7.47. The molecule has 10 heteroatoms. The maximum absolute atomic E-state index is 12.8. The summed E-state index contributed by atoms with van der Waals surface area (Å²) >= 11 is 0. The minimum absolute atomic E-state index is 0.0526. The van der Waals surface area contributed by atoms with Crippen molar-refractivity contribution in [3.05, 3.63) is 72.9 Å². The van der Waals surface area contributed by atoms with Crippen molar-refractivity contribution in [3.63, 3.8) is 0 Å². The van der Waals surface area contributed by atoms with Gasteiger partial charge >= 0.3 is 19.8 Å². The molecule has 0 rings (SSSR count). The van der Waals surface area contributed by atoms with Gasteiger partial charge in [-0.25, -0.2) is 4.57 Å². The summed E-state index contributed by atoms with van der Waals surface area (Å²) in [6, 6.07) is 0. The van der Waals surface area contributed by atoms with E-state index in [0.717, 1.165) is 77.0 Å². The van der Waals surface area contributed by atoms with Crippen LogP contribution in [0.15, 0.2) is 72.9 Å². The molecule has 538 valence electrons. The molecule has 0 heterocycles. The Kier molecular flexibility index (Phi) is 75.3. The zero-order chi connectivity index (χ0) is 66.5.